The first-order valence-electron chi connectivity index (χ1n) is 9.20. The van der Waals surface area contributed by atoms with Crippen LogP contribution in [-0.2, 0) is 23.1 Å². The van der Waals surface area contributed by atoms with E-state index in [1.807, 2.05) is 26.8 Å². The Morgan fingerprint density at radius 3 is 2.59 bits per heavy atom. The third kappa shape index (κ3) is 5.85. The van der Waals surface area contributed by atoms with Gasteiger partial charge in [-0.15, -0.1) is 0 Å². The summed E-state index contributed by atoms with van der Waals surface area (Å²) in [4.78, 5) is 28.4. The number of ketones is 1. The molecule has 0 aliphatic heterocycles. The Labute approximate surface area is 169 Å². The van der Waals surface area contributed by atoms with Crippen LogP contribution in [0.1, 0.15) is 54.9 Å². The number of nitrogens with zero attached hydrogens (tertiary/aromatic N) is 2. The van der Waals surface area contributed by atoms with E-state index in [0.717, 1.165) is 0 Å². The summed E-state index contributed by atoms with van der Waals surface area (Å²) in [6.07, 6.45) is 1.20. The van der Waals surface area contributed by atoms with Gasteiger partial charge in [0.25, 0.3) is 5.91 Å². The lowest BCUT2D eigenvalue weighted by molar-refractivity contribution is -0.117. The second-order valence-electron chi connectivity index (χ2n) is 7.98. The average Bonchev–Trinajstić information content (AvgIpc) is 2.63. The van der Waals surface area contributed by atoms with Crippen molar-refractivity contribution in [3.05, 3.63) is 58.7 Å². The molecule has 0 bridgehead atoms. The van der Waals surface area contributed by atoms with E-state index in [2.05, 4.69) is 10.3 Å². The summed E-state index contributed by atoms with van der Waals surface area (Å²) < 4.78 is 14.4. The first-order valence-corrected chi connectivity index (χ1v) is 9.20. The van der Waals surface area contributed by atoms with Gasteiger partial charge in [-0.1, -0.05) is 20.8 Å². The molecule has 6 nitrogen and oxygen atoms in total. The third-order valence-corrected chi connectivity index (χ3v) is 4.36. The van der Waals surface area contributed by atoms with Crippen LogP contribution >= 0.6 is 0 Å². The van der Waals surface area contributed by atoms with E-state index in [4.69, 9.17) is 5.26 Å². The van der Waals surface area contributed by atoms with Crippen LogP contribution in [0.15, 0.2) is 30.5 Å². The number of benzene rings is 1. The average molecular weight is 397 g/mol. The van der Waals surface area contributed by atoms with E-state index < -0.39 is 23.2 Å². The van der Waals surface area contributed by atoms with Crippen molar-refractivity contribution < 1.29 is 19.1 Å². The van der Waals surface area contributed by atoms with Crippen LogP contribution in [0.4, 0.5) is 4.39 Å². The summed E-state index contributed by atoms with van der Waals surface area (Å²) >= 11 is 0. The van der Waals surface area contributed by atoms with Gasteiger partial charge in [0.05, 0.1) is 6.07 Å². The maximum Gasteiger partial charge on any atom is 0.270 e. The van der Waals surface area contributed by atoms with Crippen molar-refractivity contribution in [1.29, 1.82) is 5.26 Å². The molecule has 7 heteroatoms. The highest BCUT2D eigenvalue weighted by atomic mass is 19.1. The van der Waals surface area contributed by atoms with Gasteiger partial charge in [0.2, 0.25) is 0 Å². The van der Waals surface area contributed by atoms with Crippen molar-refractivity contribution >= 4 is 11.7 Å². The minimum absolute atomic E-state index is 0.0160. The minimum atomic E-state index is -0.665. The standard InChI is InChI=1S/C22H24FN3O3/c1-13(12-24)26-21(29)19-8-14(5-6-25-19)7-16(27)9-15-10-20(28)17(11-18(15)23)22(2,3)4/h5-6,8,10-11,13,28H,7,9H2,1-4H3,(H,26,29)/t13-/m1/s1. The van der Waals surface area contributed by atoms with Crippen LogP contribution < -0.4 is 5.32 Å². The molecule has 0 fully saturated rings. The number of halogens is 1. The lowest BCUT2D eigenvalue weighted by Crippen LogP contribution is -2.32. The lowest BCUT2D eigenvalue weighted by atomic mass is 9.85. The first-order chi connectivity index (χ1) is 13.5. The molecule has 1 aromatic carbocycles. The van der Waals surface area contributed by atoms with E-state index in [0.29, 0.717) is 11.1 Å². The molecule has 1 heterocycles. The van der Waals surface area contributed by atoms with Gasteiger partial charge in [-0.25, -0.2) is 4.39 Å². The fourth-order valence-electron chi connectivity index (χ4n) is 2.86. The molecule has 29 heavy (non-hydrogen) atoms. The number of nitriles is 1. The van der Waals surface area contributed by atoms with E-state index >= 15 is 0 Å². The van der Waals surface area contributed by atoms with Crippen LogP contribution in [0.25, 0.3) is 0 Å². The predicted molar refractivity (Wildman–Crippen MR) is 106 cm³/mol. The highest BCUT2D eigenvalue weighted by Crippen LogP contribution is 2.32. The van der Waals surface area contributed by atoms with E-state index in [-0.39, 0.29) is 35.6 Å². The van der Waals surface area contributed by atoms with Gasteiger partial charge in [0.1, 0.15) is 29.1 Å². The van der Waals surface area contributed by atoms with Crippen LogP contribution in [0, 0.1) is 17.1 Å². The first kappa shape index (κ1) is 22.0. The molecule has 2 rings (SSSR count). The Morgan fingerprint density at radius 1 is 1.28 bits per heavy atom. The smallest absolute Gasteiger partial charge is 0.270 e. The largest absolute Gasteiger partial charge is 0.508 e. The number of amides is 1. The zero-order valence-electron chi connectivity index (χ0n) is 16.9. The number of hydrogen-bond donors (Lipinski definition) is 2. The molecule has 0 spiro atoms. The van der Waals surface area contributed by atoms with Gasteiger partial charge < -0.3 is 10.4 Å². The molecule has 1 atom stereocenters. The van der Waals surface area contributed by atoms with E-state index in [9.17, 15) is 19.1 Å². The highest BCUT2D eigenvalue weighted by molar-refractivity contribution is 5.93. The number of phenols is 1. The van der Waals surface area contributed by atoms with Crippen LogP contribution in [0.5, 0.6) is 5.75 Å². The van der Waals surface area contributed by atoms with Gasteiger partial charge in [0, 0.05) is 24.6 Å². The Kier molecular flexibility index (Phi) is 6.70. The van der Waals surface area contributed by atoms with Crippen molar-refractivity contribution in [2.75, 3.05) is 0 Å². The molecule has 0 radical (unpaired) electrons. The number of carbonyl (C=O) groups is 2. The lowest BCUT2D eigenvalue weighted by Gasteiger charge is -2.21. The van der Waals surface area contributed by atoms with Gasteiger partial charge >= 0.3 is 0 Å². The summed E-state index contributed by atoms with van der Waals surface area (Å²) in [5.41, 5.74) is 0.814. The number of phenolic OH excluding ortho intramolecular Hbond substituents is 1. The minimum Gasteiger partial charge on any atom is -0.508 e. The van der Waals surface area contributed by atoms with Gasteiger partial charge in [-0.2, -0.15) is 5.26 Å². The van der Waals surface area contributed by atoms with E-state index in [1.54, 1.807) is 13.0 Å². The normalized spacial score (nSPS) is 12.1. The molecule has 0 unspecified atom stereocenters. The second-order valence-corrected chi connectivity index (χ2v) is 7.98. The Hall–Kier alpha value is -3.27. The number of aromatic hydroxyl groups is 1. The fourth-order valence-corrected chi connectivity index (χ4v) is 2.86. The topological polar surface area (TPSA) is 103 Å². The van der Waals surface area contributed by atoms with Crippen molar-refractivity contribution in [3.63, 3.8) is 0 Å². The second kappa shape index (κ2) is 8.82. The highest BCUT2D eigenvalue weighted by Gasteiger charge is 2.21. The molecule has 0 saturated heterocycles. The van der Waals surface area contributed by atoms with Gasteiger partial charge in [-0.3, -0.25) is 14.6 Å². The molecule has 2 aromatic rings. The summed E-state index contributed by atoms with van der Waals surface area (Å²) in [7, 11) is 0. The molecular formula is C22H24FN3O3. The molecule has 1 aromatic heterocycles. The number of hydrogen-bond acceptors (Lipinski definition) is 5. The van der Waals surface area contributed by atoms with Crippen molar-refractivity contribution in [1.82, 2.24) is 10.3 Å². The monoisotopic (exact) mass is 397 g/mol. The maximum atomic E-state index is 14.4. The predicted octanol–water partition coefficient (Wildman–Crippen LogP) is 3.22. The van der Waals surface area contributed by atoms with Crippen LogP contribution in [0.3, 0.4) is 0 Å². The van der Waals surface area contributed by atoms with Crippen molar-refractivity contribution in [2.45, 2.75) is 52.0 Å². The molecule has 1 amide bonds. The fraction of sp³-hybridized carbons (Fsp3) is 0.364. The molecule has 152 valence electrons. The molecule has 0 aliphatic carbocycles. The van der Waals surface area contributed by atoms with Crippen LogP contribution in [-0.4, -0.2) is 27.8 Å². The summed E-state index contributed by atoms with van der Waals surface area (Å²) in [6, 6.07) is 6.85. The zero-order chi connectivity index (χ0) is 21.8. The third-order valence-electron chi connectivity index (χ3n) is 4.36. The molecule has 0 saturated carbocycles. The van der Waals surface area contributed by atoms with Crippen molar-refractivity contribution in [2.24, 2.45) is 0 Å². The summed E-state index contributed by atoms with van der Waals surface area (Å²) in [5, 5.41) is 21.4. The van der Waals surface area contributed by atoms with Gasteiger partial charge in [-0.05, 0) is 47.7 Å². The number of aromatic nitrogens is 1. The summed E-state index contributed by atoms with van der Waals surface area (Å²) in [5.74, 6) is -1.37. The van der Waals surface area contributed by atoms with Gasteiger partial charge in [0.15, 0.2) is 0 Å². The number of pyridine rings is 1. The Morgan fingerprint density at radius 2 is 1.97 bits per heavy atom. The Bertz CT molecular complexity index is 974. The zero-order valence-corrected chi connectivity index (χ0v) is 16.9. The van der Waals surface area contributed by atoms with Crippen molar-refractivity contribution in [3.8, 4) is 11.8 Å². The molecule has 0 aliphatic rings. The molecule has 2 N–H and O–H groups in total. The van der Waals surface area contributed by atoms with Crippen LogP contribution in [0.2, 0.25) is 0 Å². The number of rotatable bonds is 6. The molecular weight excluding hydrogens is 373 g/mol. The van der Waals surface area contributed by atoms with E-state index in [1.165, 1.54) is 24.4 Å². The maximum absolute atomic E-state index is 14.4. The number of nitrogens with one attached hydrogen (secondary N) is 1. The Balaban J connectivity index is 2.12. The summed E-state index contributed by atoms with van der Waals surface area (Å²) in [6.45, 7) is 7.13. The number of Topliss-reactive ketones (excluding diaryl/α,β-unsaturated/α-hetero) is 1. The quantitative estimate of drug-likeness (QED) is 0.779. The number of carbonyl (C=O) groups excluding carboxylic acids is 2. The SMILES string of the molecule is C[C@H](C#N)NC(=O)c1cc(CC(=O)Cc2cc(O)c(C(C)(C)C)cc2F)ccn1.